The molecule has 110 valence electrons. The highest BCUT2D eigenvalue weighted by Crippen LogP contribution is 2.17. The molecule has 1 aromatic heterocycles. The minimum atomic E-state index is 0.831. The molecule has 2 aromatic carbocycles. The fourth-order valence-electron chi connectivity index (χ4n) is 2.13. The number of methoxy groups -OCH3 is 1. The SMILES string of the molecule is COc1ccc(N=c2ccccn2-c2ccc(I)cc2)cc1. The van der Waals surface area contributed by atoms with Crippen LogP contribution in [0, 0.1) is 3.57 Å². The number of nitrogens with zero attached hydrogens (tertiary/aromatic N) is 2. The van der Waals surface area contributed by atoms with Crippen molar-refractivity contribution in [1.82, 2.24) is 4.57 Å². The van der Waals surface area contributed by atoms with Gasteiger partial charge in [0, 0.05) is 15.5 Å². The Labute approximate surface area is 143 Å². The zero-order valence-corrected chi connectivity index (χ0v) is 14.3. The highest BCUT2D eigenvalue weighted by Gasteiger charge is 1.98. The van der Waals surface area contributed by atoms with E-state index in [-0.39, 0.29) is 0 Å². The van der Waals surface area contributed by atoms with Crippen LogP contribution >= 0.6 is 22.6 Å². The molecule has 0 bridgehead atoms. The van der Waals surface area contributed by atoms with Crippen molar-refractivity contribution in [3.05, 3.63) is 82.0 Å². The summed E-state index contributed by atoms with van der Waals surface area (Å²) in [5.41, 5.74) is 2.87. The van der Waals surface area contributed by atoms with Crippen molar-refractivity contribution in [1.29, 1.82) is 0 Å². The number of hydrogen-bond acceptors (Lipinski definition) is 2. The zero-order chi connectivity index (χ0) is 15.4. The van der Waals surface area contributed by atoms with Gasteiger partial charge in [0.25, 0.3) is 0 Å². The predicted octanol–water partition coefficient (Wildman–Crippen LogP) is 4.32. The van der Waals surface area contributed by atoms with Crippen molar-refractivity contribution in [3.8, 4) is 11.4 Å². The zero-order valence-electron chi connectivity index (χ0n) is 12.1. The van der Waals surface area contributed by atoms with Crippen molar-refractivity contribution in [2.24, 2.45) is 4.99 Å². The van der Waals surface area contributed by atoms with Crippen LogP contribution in [0.3, 0.4) is 0 Å². The Morgan fingerprint density at radius 2 is 1.64 bits per heavy atom. The van der Waals surface area contributed by atoms with E-state index in [4.69, 9.17) is 9.73 Å². The topological polar surface area (TPSA) is 26.5 Å². The molecule has 0 atom stereocenters. The molecule has 0 N–H and O–H groups in total. The van der Waals surface area contributed by atoms with Crippen molar-refractivity contribution in [2.45, 2.75) is 0 Å². The lowest BCUT2D eigenvalue weighted by Crippen LogP contribution is -2.17. The van der Waals surface area contributed by atoms with Gasteiger partial charge < -0.3 is 9.30 Å². The Morgan fingerprint density at radius 3 is 2.32 bits per heavy atom. The fourth-order valence-corrected chi connectivity index (χ4v) is 2.49. The van der Waals surface area contributed by atoms with Gasteiger partial charge in [-0.1, -0.05) is 6.07 Å². The van der Waals surface area contributed by atoms with Gasteiger partial charge in [0.2, 0.25) is 0 Å². The second kappa shape index (κ2) is 6.79. The van der Waals surface area contributed by atoms with Crippen molar-refractivity contribution >= 4 is 28.3 Å². The summed E-state index contributed by atoms with van der Waals surface area (Å²) in [4.78, 5) is 4.72. The lowest BCUT2D eigenvalue weighted by atomic mass is 10.3. The van der Waals surface area contributed by atoms with Crippen LogP contribution in [-0.4, -0.2) is 11.7 Å². The highest BCUT2D eigenvalue weighted by molar-refractivity contribution is 14.1. The molecule has 0 aliphatic heterocycles. The van der Waals surface area contributed by atoms with E-state index < -0.39 is 0 Å². The molecule has 22 heavy (non-hydrogen) atoms. The summed E-state index contributed by atoms with van der Waals surface area (Å²) in [6.07, 6.45) is 2.02. The molecule has 3 rings (SSSR count). The van der Waals surface area contributed by atoms with Crippen molar-refractivity contribution in [3.63, 3.8) is 0 Å². The first kappa shape index (κ1) is 14.8. The fraction of sp³-hybridized carbons (Fsp3) is 0.0556. The van der Waals surface area contributed by atoms with Crippen LogP contribution < -0.4 is 10.2 Å². The van der Waals surface area contributed by atoms with E-state index in [1.165, 1.54) is 3.57 Å². The summed E-state index contributed by atoms with van der Waals surface area (Å²) in [6.45, 7) is 0. The summed E-state index contributed by atoms with van der Waals surface area (Å²) in [7, 11) is 1.66. The Bertz CT molecular complexity index is 821. The normalized spacial score (nSPS) is 11.5. The largest absolute Gasteiger partial charge is 0.497 e. The number of aromatic nitrogens is 1. The van der Waals surface area contributed by atoms with E-state index in [9.17, 15) is 0 Å². The van der Waals surface area contributed by atoms with E-state index in [2.05, 4.69) is 51.4 Å². The third-order valence-electron chi connectivity index (χ3n) is 3.26. The lowest BCUT2D eigenvalue weighted by molar-refractivity contribution is 0.415. The standard InChI is InChI=1S/C18H15IN2O/c1-22-17-11-7-15(8-12-17)20-18-4-2-3-13-21(18)16-9-5-14(19)6-10-16/h2-13H,1H3. The quantitative estimate of drug-likeness (QED) is 0.600. The third kappa shape index (κ3) is 3.39. The number of halogens is 1. The molecule has 3 aromatic rings. The van der Waals surface area contributed by atoms with Gasteiger partial charge in [-0.05, 0) is 83.3 Å². The Balaban J connectivity index is 2.06. The predicted molar refractivity (Wildman–Crippen MR) is 96.7 cm³/mol. The molecule has 0 aliphatic carbocycles. The number of hydrogen-bond donors (Lipinski definition) is 0. The molecular weight excluding hydrogens is 387 g/mol. The van der Waals surface area contributed by atoms with Crippen LogP contribution in [0.1, 0.15) is 0 Å². The summed E-state index contributed by atoms with van der Waals surface area (Å²) in [5.74, 6) is 0.831. The summed E-state index contributed by atoms with van der Waals surface area (Å²) in [6, 6.07) is 22.1. The van der Waals surface area contributed by atoms with Gasteiger partial charge in [-0.3, -0.25) is 0 Å². The van der Waals surface area contributed by atoms with Gasteiger partial charge in [-0.15, -0.1) is 0 Å². The average molecular weight is 402 g/mol. The summed E-state index contributed by atoms with van der Waals surface area (Å²) >= 11 is 2.31. The second-order valence-corrected chi connectivity index (χ2v) is 5.96. The molecule has 3 nitrogen and oxygen atoms in total. The van der Waals surface area contributed by atoms with E-state index >= 15 is 0 Å². The van der Waals surface area contributed by atoms with Crippen molar-refractivity contribution < 1.29 is 4.74 Å². The first-order valence-corrected chi connectivity index (χ1v) is 7.96. The maximum absolute atomic E-state index is 5.18. The number of ether oxygens (including phenoxy) is 1. The maximum Gasteiger partial charge on any atom is 0.137 e. The Hall–Kier alpha value is -2.08. The van der Waals surface area contributed by atoms with E-state index in [0.717, 1.165) is 22.6 Å². The number of pyridine rings is 1. The molecule has 0 saturated heterocycles. The van der Waals surface area contributed by atoms with Gasteiger partial charge in [0.15, 0.2) is 0 Å². The van der Waals surface area contributed by atoms with Crippen molar-refractivity contribution in [2.75, 3.05) is 7.11 Å². The van der Waals surface area contributed by atoms with Crippen LogP contribution in [0.4, 0.5) is 5.69 Å². The molecule has 0 spiro atoms. The molecule has 0 unspecified atom stereocenters. The molecule has 0 fully saturated rings. The van der Waals surface area contributed by atoms with Crippen LogP contribution in [0.15, 0.2) is 77.9 Å². The molecule has 0 amide bonds. The smallest absolute Gasteiger partial charge is 0.137 e. The maximum atomic E-state index is 5.18. The molecular formula is C18H15IN2O. The van der Waals surface area contributed by atoms with Crippen LogP contribution in [0.2, 0.25) is 0 Å². The molecule has 4 heteroatoms. The van der Waals surface area contributed by atoms with Crippen LogP contribution in [0.5, 0.6) is 5.75 Å². The minimum Gasteiger partial charge on any atom is -0.497 e. The molecule has 0 saturated carbocycles. The second-order valence-electron chi connectivity index (χ2n) is 4.72. The monoisotopic (exact) mass is 402 g/mol. The van der Waals surface area contributed by atoms with Gasteiger partial charge in [0.1, 0.15) is 11.2 Å². The van der Waals surface area contributed by atoms with Crippen LogP contribution in [0.25, 0.3) is 5.69 Å². The van der Waals surface area contributed by atoms with Gasteiger partial charge in [-0.2, -0.15) is 0 Å². The molecule has 1 heterocycles. The first-order valence-electron chi connectivity index (χ1n) is 6.89. The van der Waals surface area contributed by atoms with E-state index in [1.54, 1.807) is 7.11 Å². The molecule has 0 radical (unpaired) electrons. The number of rotatable bonds is 3. The van der Waals surface area contributed by atoms with Gasteiger partial charge >= 0.3 is 0 Å². The van der Waals surface area contributed by atoms with E-state index in [1.807, 2.05) is 48.7 Å². The summed E-state index contributed by atoms with van der Waals surface area (Å²) < 4.78 is 8.46. The van der Waals surface area contributed by atoms with E-state index in [0.29, 0.717) is 0 Å². The number of benzene rings is 2. The van der Waals surface area contributed by atoms with Gasteiger partial charge in [0.05, 0.1) is 12.8 Å². The Morgan fingerprint density at radius 1 is 0.909 bits per heavy atom. The lowest BCUT2D eigenvalue weighted by Gasteiger charge is -2.07. The summed E-state index contributed by atoms with van der Waals surface area (Å²) in [5, 5.41) is 0. The average Bonchev–Trinajstić information content (AvgIpc) is 2.57. The third-order valence-corrected chi connectivity index (χ3v) is 3.98. The first-order chi connectivity index (χ1) is 10.8. The minimum absolute atomic E-state index is 0.831. The molecule has 0 aliphatic rings. The van der Waals surface area contributed by atoms with Crippen LogP contribution in [-0.2, 0) is 0 Å². The highest BCUT2D eigenvalue weighted by atomic mass is 127. The Kier molecular flexibility index (Phi) is 4.58. The van der Waals surface area contributed by atoms with Gasteiger partial charge in [-0.25, -0.2) is 4.99 Å².